The smallest absolute Gasteiger partial charge is 0.403 e. The van der Waals surface area contributed by atoms with Gasteiger partial charge in [0.25, 0.3) is 0 Å². The molecular formula is C22H31BO2Si. The molecule has 2 aromatic rings. The minimum Gasteiger partial charge on any atom is -0.403 e. The zero-order valence-corrected chi connectivity index (χ0v) is 18.0. The van der Waals surface area contributed by atoms with E-state index in [1.54, 1.807) is 0 Å². The fraction of sp³-hybridized carbons (Fsp3) is 0.455. The Morgan fingerprint density at radius 1 is 0.808 bits per heavy atom. The number of rotatable bonds is 5. The number of hydrogen-bond acceptors (Lipinski definition) is 2. The minimum atomic E-state index is -1.77. The average Bonchev–Trinajstić information content (AvgIpc) is 2.81. The molecule has 0 N–H and O–H groups in total. The maximum atomic E-state index is 6.35. The van der Waals surface area contributed by atoms with Gasteiger partial charge >= 0.3 is 7.12 Å². The highest BCUT2D eigenvalue weighted by Crippen LogP contribution is 2.41. The molecule has 0 spiro atoms. The van der Waals surface area contributed by atoms with Crippen molar-refractivity contribution in [2.75, 3.05) is 0 Å². The van der Waals surface area contributed by atoms with Gasteiger partial charge in [-0.2, -0.15) is 0 Å². The Morgan fingerprint density at radius 3 is 1.77 bits per heavy atom. The van der Waals surface area contributed by atoms with Gasteiger partial charge in [-0.1, -0.05) is 78.9 Å². The second-order valence-electron chi connectivity index (χ2n) is 8.97. The highest BCUT2D eigenvalue weighted by Gasteiger charge is 2.52. The summed E-state index contributed by atoms with van der Waals surface area (Å²) in [5.74, 6) is 0. The molecule has 1 saturated heterocycles. The SMILES string of the molecule is CC1(C)OB(CC(c2ccccc2)[Si](C)(C)c2ccccc2)OC1(C)C. The van der Waals surface area contributed by atoms with Crippen molar-refractivity contribution in [1.82, 2.24) is 0 Å². The average molecular weight is 366 g/mol. The Balaban J connectivity index is 1.93. The molecule has 1 atom stereocenters. The van der Waals surface area contributed by atoms with Gasteiger partial charge in [-0.05, 0) is 45.1 Å². The lowest BCUT2D eigenvalue weighted by atomic mass is 9.81. The second kappa shape index (κ2) is 6.99. The maximum Gasteiger partial charge on any atom is 0.458 e. The Labute approximate surface area is 160 Å². The molecule has 0 aliphatic carbocycles. The van der Waals surface area contributed by atoms with Crippen molar-refractivity contribution >= 4 is 20.4 Å². The van der Waals surface area contributed by atoms with E-state index >= 15 is 0 Å². The molecule has 0 aromatic heterocycles. The molecular weight excluding hydrogens is 335 g/mol. The highest BCUT2D eigenvalue weighted by atomic mass is 28.3. The summed E-state index contributed by atoms with van der Waals surface area (Å²) in [4.78, 5) is 0. The van der Waals surface area contributed by atoms with Gasteiger partial charge in [-0.3, -0.25) is 0 Å². The molecule has 4 heteroatoms. The molecule has 1 aliphatic rings. The minimum absolute atomic E-state index is 0.166. The zero-order valence-electron chi connectivity index (χ0n) is 17.0. The first kappa shape index (κ1) is 19.4. The van der Waals surface area contributed by atoms with Crippen molar-refractivity contribution in [2.24, 2.45) is 0 Å². The van der Waals surface area contributed by atoms with Gasteiger partial charge in [0.05, 0.1) is 19.3 Å². The molecule has 0 amide bonds. The predicted octanol–water partition coefficient (Wildman–Crippen LogP) is 5.02. The van der Waals surface area contributed by atoms with E-state index in [9.17, 15) is 0 Å². The fourth-order valence-electron chi connectivity index (χ4n) is 3.86. The van der Waals surface area contributed by atoms with E-state index in [0.717, 1.165) is 6.32 Å². The van der Waals surface area contributed by atoms with Crippen LogP contribution >= 0.6 is 0 Å². The monoisotopic (exact) mass is 366 g/mol. The van der Waals surface area contributed by atoms with E-state index in [4.69, 9.17) is 9.31 Å². The third kappa shape index (κ3) is 3.69. The molecule has 0 saturated carbocycles. The summed E-state index contributed by atoms with van der Waals surface area (Å²) in [7, 11) is -1.94. The van der Waals surface area contributed by atoms with Crippen LogP contribution in [0, 0.1) is 0 Å². The van der Waals surface area contributed by atoms with Gasteiger partial charge in [0.1, 0.15) is 0 Å². The fourth-order valence-corrected chi connectivity index (χ4v) is 7.12. The number of hydrogen-bond donors (Lipinski definition) is 0. The lowest BCUT2D eigenvalue weighted by Gasteiger charge is -2.34. The molecule has 0 bridgehead atoms. The standard InChI is InChI=1S/C22H31BO2Si/c1-21(2)22(3,4)25-23(24-21)17-20(18-13-9-7-10-14-18)26(5,6)19-15-11-8-12-16-19/h7-16,20H,17H2,1-6H3. The normalized spacial score (nSPS) is 20.2. The molecule has 1 heterocycles. The van der Waals surface area contributed by atoms with Crippen LogP contribution < -0.4 is 5.19 Å². The van der Waals surface area contributed by atoms with Crippen LogP contribution in [0.1, 0.15) is 38.8 Å². The first-order chi connectivity index (χ1) is 12.1. The third-order valence-corrected chi connectivity index (χ3v) is 10.5. The van der Waals surface area contributed by atoms with Gasteiger partial charge in [0, 0.05) is 0 Å². The van der Waals surface area contributed by atoms with Crippen molar-refractivity contribution < 1.29 is 9.31 Å². The highest BCUT2D eigenvalue weighted by molar-refractivity contribution is 6.91. The van der Waals surface area contributed by atoms with Crippen LogP contribution in [0.5, 0.6) is 0 Å². The van der Waals surface area contributed by atoms with Crippen LogP contribution in [-0.4, -0.2) is 26.4 Å². The molecule has 1 unspecified atom stereocenters. The lowest BCUT2D eigenvalue weighted by Crippen LogP contribution is -2.49. The van der Waals surface area contributed by atoms with Crippen LogP contribution in [0.25, 0.3) is 0 Å². The molecule has 0 radical (unpaired) electrons. The van der Waals surface area contributed by atoms with Crippen LogP contribution in [0.15, 0.2) is 60.7 Å². The maximum absolute atomic E-state index is 6.35. The summed E-state index contributed by atoms with van der Waals surface area (Å²) in [6.45, 7) is 13.4. The van der Waals surface area contributed by atoms with E-state index < -0.39 is 8.07 Å². The summed E-state index contributed by atoms with van der Waals surface area (Å²) in [6.07, 6.45) is 0.894. The van der Waals surface area contributed by atoms with Crippen molar-refractivity contribution in [1.29, 1.82) is 0 Å². The number of benzene rings is 2. The largest absolute Gasteiger partial charge is 0.458 e. The molecule has 2 nitrogen and oxygen atoms in total. The summed E-state index contributed by atoms with van der Waals surface area (Å²) in [6, 6.07) is 21.9. The van der Waals surface area contributed by atoms with E-state index in [1.807, 2.05) is 0 Å². The van der Waals surface area contributed by atoms with Crippen molar-refractivity contribution in [2.45, 2.75) is 63.9 Å². The summed E-state index contributed by atoms with van der Waals surface area (Å²) in [5, 5.41) is 1.48. The Kier molecular flexibility index (Phi) is 5.22. The first-order valence-corrected chi connectivity index (χ1v) is 12.7. The van der Waals surface area contributed by atoms with E-state index in [-0.39, 0.29) is 18.3 Å². The molecule has 2 aromatic carbocycles. The predicted molar refractivity (Wildman–Crippen MR) is 114 cm³/mol. The molecule has 1 fully saturated rings. The summed E-state index contributed by atoms with van der Waals surface area (Å²) < 4.78 is 12.7. The quantitative estimate of drug-likeness (QED) is 0.692. The van der Waals surface area contributed by atoms with Gasteiger partial charge in [-0.25, -0.2) is 0 Å². The van der Waals surface area contributed by atoms with Gasteiger partial charge in [0.15, 0.2) is 0 Å². The van der Waals surface area contributed by atoms with Crippen LogP contribution in [0.2, 0.25) is 19.4 Å². The van der Waals surface area contributed by atoms with Crippen LogP contribution in [-0.2, 0) is 9.31 Å². The van der Waals surface area contributed by atoms with E-state index in [0.29, 0.717) is 5.54 Å². The molecule has 3 rings (SSSR count). The van der Waals surface area contributed by atoms with Crippen molar-refractivity contribution in [3.63, 3.8) is 0 Å². The molecule has 138 valence electrons. The van der Waals surface area contributed by atoms with Gasteiger partial charge < -0.3 is 9.31 Å². The summed E-state index contributed by atoms with van der Waals surface area (Å²) in [5.41, 5.74) is 1.26. The Morgan fingerprint density at radius 2 is 1.27 bits per heavy atom. The van der Waals surface area contributed by atoms with Crippen LogP contribution in [0.4, 0.5) is 0 Å². The first-order valence-electron chi connectivity index (χ1n) is 9.59. The van der Waals surface area contributed by atoms with E-state index in [2.05, 4.69) is 101 Å². The molecule has 26 heavy (non-hydrogen) atoms. The Hall–Kier alpha value is -1.36. The lowest BCUT2D eigenvalue weighted by molar-refractivity contribution is 0.00578. The summed E-state index contributed by atoms with van der Waals surface area (Å²) >= 11 is 0. The van der Waals surface area contributed by atoms with Crippen molar-refractivity contribution in [3.05, 3.63) is 66.2 Å². The van der Waals surface area contributed by atoms with Crippen molar-refractivity contribution in [3.8, 4) is 0 Å². The topological polar surface area (TPSA) is 18.5 Å². The van der Waals surface area contributed by atoms with E-state index in [1.165, 1.54) is 10.8 Å². The second-order valence-corrected chi connectivity index (χ2v) is 13.7. The van der Waals surface area contributed by atoms with Gasteiger partial charge in [0.2, 0.25) is 0 Å². The van der Waals surface area contributed by atoms with Crippen LogP contribution in [0.3, 0.4) is 0 Å². The Bertz CT molecular complexity index is 712. The zero-order chi connectivity index (χ0) is 19.0. The third-order valence-electron chi connectivity index (χ3n) is 6.32. The molecule has 1 aliphatic heterocycles. The van der Waals surface area contributed by atoms with Gasteiger partial charge in [-0.15, -0.1) is 0 Å².